The van der Waals surface area contributed by atoms with Crippen molar-refractivity contribution in [1.82, 2.24) is 15.6 Å². The van der Waals surface area contributed by atoms with Gasteiger partial charge in [0.2, 0.25) is 5.91 Å². The van der Waals surface area contributed by atoms with Gasteiger partial charge in [-0.25, -0.2) is 9.78 Å². The molecule has 0 saturated heterocycles. The Morgan fingerprint density at radius 1 is 1.14 bits per heavy atom. The lowest BCUT2D eigenvalue weighted by atomic mass is 9.94. The van der Waals surface area contributed by atoms with Crippen molar-refractivity contribution in [1.29, 1.82) is 0 Å². The topological polar surface area (TPSA) is 151 Å². The maximum absolute atomic E-state index is 12.7. The van der Waals surface area contributed by atoms with Crippen LogP contribution in [0.3, 0.4) is 0 Å². The molecule has 10 nitrogen and oxygen atoms in total. The van der Waals surface area contributed by atoms with E-state index in [4.69, 9.17) is 9.15 Å². The number of oxazole rings is 1. The minimum atomic E-state index is -0.959. The molecule has 0 fully saturated rings. The van der Waals surface area contributed by atoms with Crippen LogP contribution in [0, 0.1) is 11.8 Å². The van der Waals surface area contributed by atoms with Crippen LogP contribution in [-0.2, 0) is 20.7 Å². The second kappa shape index (κ2) is 13.7. The average molecular weight is 504 g/mol. The number of carbonyl (C=O) groups is 3. The van der Waals surface area contributed by atoms with Crippen molar-refractivity contribution in [3.8, 4) is 0 Å². The summed E-state index contributed by atoms with van der Waals surface area (Å²) in [4.78, 5) is 41.5. The van der Waals surface area contributed by atoms with E-state index in [1.165, 1.54) is 13.0 Å². The van der Waals surface area contributed by atoms with Gasteiger partial charge in [0.1, 0.15) is 18.4 Å². The summed E-state index contributed by atoms with van der Waals surface area (Å²) in [5.74, 6) is -1.70. The summed E-state index contributed by atoms with van der Waals surface area (Å²) < 4.78 is 10.9. The van der Waals surface area contributed by atoms with E-state index >= 15 is 0 Å². The third-order valence-corrected chi connectivity index (χ3v) is 5.62. The molecule has 4 N–H and O–H groups in total. The zero-order chi connectivity index (χ0) is 26.8. The third-order valence-electron chi connectivity index (χ3n) is 5.62. The lowest BCUT2D eigenvalue weighted by Gasteiger charge is -2.27. The highest BCUT2D eigenvalue weighted by Gasteiger charge is 2.28. The Labute approximate surface area is 211 Å². The van der Waals surface area contributed by atoms with Crippen LogP contribution in [0.4, 0.5) is 0 Å². The van der Waals surface area contributed by atoms with E-state index in [1.54, 1.807) is 31.2 Å². The fourth-order valence-corrected chi connectivity index (χ4v) is 3.73. The Hall–Kier alpha value is -3.24. The molecular weight excluding hydrogens is 466 g/mol. The quantitative estimate of drug-likeness (QED) is 0.424. The number of allylic oxidation sites excluding steroid dienone is 2. The lowest BCUT2D eigenvalue weighted by Crippen LogP contribution is -2.42. The zero-order valence-corrected chi connectivity index (χ0v) is 21.4. The number of aliphatic hydroxyl groups excluding tert-OH is 2. The smallest absolute Gasteiger partial charge is 0.328 e. The standard InChI is InChI=1S/C26H37N3O7/c1-15(2)24-17(4)8-9-22(32)27-10-6-7-16(3)11-19(30)12-20(31)13-23-29-21(14-35-23)25(33)28-18(5)26(34)36-24/h6-9,11,14-15,17-20,24,30-31H,10,12-13H2,1-5H3,(H,27,32)(H,28,33)/b7-6?,9-8+,16-11?/t17-,18-,19-,20-,24?/m1/s1. The van der Waals surface area contributed by atoms with Crippen LogP contribution < -0.4 is 10.6 Å². The summed E-state index contributed by atoms with van der Waals surface area (Å²) in [5, 5.41) is 25.8. The third kappa shape index (κ3) is 9.43. The van der Waals surface area contributed by atoms with Crippen LogP contribution in [0.2, 0.25) is 0 Å². The number of amides is 2. The number of hydrogen-bond acceptors (Lipinski definition) is 8. The number of nitrogens with one attached hydrogen (secondary N) is 2. The van der Waals surface area contributed by atoms with Gasteiger partial charge in [-0.2, -0.15) is 0 Å². The number of esters is 1. The molecule has 10 heteroatoms. The summed E-state index contributed by atoms with van der Waals surface area (Å²) in [7, 11) is 0. The molecule has 0 radical (unpaired) electrons. The van der Waals surface area contributed by atoms with Gasteiger partial charge in [0.05, 0.1) is 18.6 Å². The number of cyclic esters (lactones) is 1. The SMILES string of the molecule is CC1=C[C@@H](O)C[C@@H](O)Cc2nc(co2)C(=O)N[C@H](C)C(=O)OC(C(C)C)[C@H](C)/C=C/C(=O)NCC=C1. The van der Waals surface area contributed by atoms with Crippen LogP contribution in [-0.4, -0.2) is 63.9 Å². The molecule has 1 unspecified atom stereocenters. The van der Waals surface area contributed by atoms with Crippen molar-refractivity contribution in [2.45, 2.75) is 71.8 Å². The van der Waals surface area contributed by atoms with E-state index in [1.807, 2.05) is 20.8 Å². The Kier molecular flexibility index (Phi) is 11.1. The number of aromatic nitrogens is 1. The minimum Gasteiger partial charge on any atom is -0.460 e. The molecule has 2 bridgehead atoms. The largest absolute Gasteiger partial charge is 0.460 e. The van der Waals surface area contributed by atoms with Gasteiger partial charge in [0.15, 0.2) is 11.6 Å². The van der Waals surface area contributed by atoms with Crippen LogP contribution >= 0.6 is 0 Å². The Bertz CT molecular complexity index is 995. The molecule has 2 heterocycles. The van der Waals surface area contributed by atoms with E-state index in [0.29, 0.717) is 0 Å². The molecule has 0 aliphatic carbocycles. The highest BCUT2D eigenvalue weighted by atomic mass is 16.5. The molecule has 0 saturated carbocycles. The second-order valence-corrected chi connectivity index (χ2v) is 9.40. The van der Waals surface area contributed by atoms with Gasteiger partial charge < -0.3 is 30.0 Å². The fourth-order valence-electron chi connectivity index (χ4n) is 3.73. The van der Waals surface area contributed by atoms with Crippen molar-refractivity contribution in [2.75, 3.05) is 6.54 Å². The van der Waals surface area contributed by atoms with E-state index in [0.717, 1.165) is 11.8 Å². The van der Waals surface area contributed by atoms with Gasteiger partial charge in [-0.15, -0.1) is 0 Å². The number of nitrogens with zero attached hydrogens (tertiary/aromatic N) is 1. The van der Waals surface area contributed by atoms with E-state index in [-0.39, 0.29) is 48.7 Å². The predicted molar refractivity (Wildman–Crippen MR) is 133 cm³/mol. The summed E-state index contributed by atoms with van der Waals surface area (Å²) in [6, 6.07) is -0.956. The maximum Gasteiger partial charge on any atom is 0.328 e. The van der Waals surface area contributed by atoms with Crippen LogP contribution in [0.25, 0.3) is 0 Å². The summed E-state index contributed by atoms with van der Waals surface area (Å²) >= 11 is 0. The van der Waals surface area contributed by atoms with Gasteiger partial charge in [0.25, 0.3) is 5.91 Å². The maximum atomic E-state index is 12.7. The molecule has 2 rings (SSSR count). The molecule has 1 aromatic heterocycles. The van der Waals surface area contributed by atoms with E-state index in [2.05, 4.69) is 15.6 Å². The monoisotopic (exact) mass is 503 g/mol. The first kappa shape index (κ1) is 29.0. The highest BCUT2D eigenvalue weighted by molar-refractivity contribution is 5.94. The number of carbonyl (C=O) groups excluding carboxylic acids is 3. The number of hydrogen-bond donors (Lipinski definition) is 4. The first-order valence-electron chi connectivity index (χ1n) is 12.1. The molecule has 1 aliphatic rings. The molecule has 0 aromatic carbocycles. The normalized spacial score (nSPS) is 28.6. The fraction of sp³-hybridized carbons (Fsp3) is 0.538. The first-order valence-corrected chi connectivity index (χ1v) is 12.1. The van der Waals surface area contributed by atoms with Crippen molar-refractivity contribution in [2.24, 2.45) is 11.8 Å². The van der Waals surface area contributed by atoms with Crippen molar-refractivity contribution in [3.05, 3.63) is 53.8 Å². The van der Waals surface area contributed by atoms with Gasteiger partial charge in [-0.1, -0.05) is 50.6 Å². The van der Waals surface area contributed by atoms with Crippen molar-refractivity contribution < 1.29 is 33.8 Å². The highest BCUT2D eigenvalue weighted by Crippen LogP contribution is 2.19. The summed E-state index contributed by atoms with van der Waals surface area (Å²) in [6.07, 6.45) is 6.98. The molecule has 5 atom stereocenters. The molecule has 1 aromatic rings. The first-order chi connectivity index (χ1) is 17.0. The second-order valence-electron chi connectivity index (χ2n) is 9.40. The number of ether oxygens (including phenoxy) is 1. The number of rotatable bonds is 1. The minimum absolute atomic E-state index is 0.00233. The van der Waals surface area contributed by atoms with Crippen molar-refractivity contribution in [3.63, 3.8) is 0 Å². The van der Waals surface area contributed by atoms with Gasteiger partial charge in [0, 0.05) is 18.9 Å². The summed E-state index contributed by atoms with van der Waals surface area (Å²) in [6.45, 7) is 9.24. The number of fused-ring (bicyclic) bond motifs is 2. The van der Waals surface area contributed by atoms with Crippen molar-refractivity contribution >= 4 is 17.8 Å². The molecule has 1 aliphatic heterocycles. The van der Waals surface area contributed by atoms with Crippen LogP contribution in [0.15, 0.2) is 46.6 Å². The van der Waals surface area contributed by atoms with E-state index in [9.17, 15) is 24.6 Å². The Morgan fingerprint density at radius 3 is 2.56 bits per heavy atom. The Balaban J connectivity index is 2.24. The van der Waals surface area contributed by atoms with Crippen LogP contribution in [0.1, 0.15) is 57.4 Å². The van der Waals surface area contributed by atoms with Gasteiger partial charge >= 0.3 is 5.97 Å². The zero-order valence-electron chi connectivity index (χ0n) is 21.4. The summed E-state index contributed by atoms with van der Waals surface area (Å²) in [5.41, 5.74) is 0.719. The molecule has 0 spiro atoms. The molecule has 36 heavy (non-hydrogen) atoms. The van der Waals surface area contributed by atoms with Gasteiger partial charge in [-0.05, 0) is 25.8 Å². The number of aliphatic hydroxyl groups is 2. The Morgan fingerprint density at radius 2 is 1.86 bits per heavy atom. The van der Waals surface area contributed by atoms with Gasteiger partial charge in [-0.3, -0.25) is 9.59 Å². The molecular formula is C26H37N3O7. The molecule has 2 amide bonds. The van der Waals surface area contributed by atoms with E-state index < -0.39 is 36.2 Å². The molecule has 198 valence electrons. The van der Waals surface area contributed by atoms with Crippen LogP contribution in [0.5, 0.6) is 0 Å². The average Bonchev–Trinajstić information content (AvgIpc) is 3.25. The predicted octanol–water partition coefficient (Wildman–Crippen LogP) is 1.84. The lowest BCUT2D eigenvalue weighted by molar-refractivity contribution is -0.155.